The SMILES string of the molecule is O=C(NC1Cc2cc(F)ccc2C1=O)c1cc(Cl)cc(Cl)c1. The lowest BCUT2D eigenvalue weighted by atomic mass is 10.1. The van der Waals surface area contributed by atoms with Gasteiger partial charge >= 0.3 is 0 Å². The van der Waals surface area contributed by atoms with E-state index in [2.05, 4.69) is 5.32 Å². The second-order valence-electron chi connectivity index (χ2n) is 5.05. The molecule has 1 amide bonds. The van der Waals surface area contributed by atoms with Gasteiger partial charge in [0.2, 0.25) is 0 Å². The van der Waals surface area contributed by atoms with E-state index in [0.717, 1.165) is 0 Å². The first-order chi connectivity index (χ1) is 10.4. The first kappa shape index (κ1) is 15.0. The summed E-state index contributed by atoms with van der Waals surface area (Å²) in [6.07, 6.45) is 0.270. The number of Topliss-reactive ketones (excluding diaryl/α,β-unsaturated/α-hetero) is 1. The number of carbonyl (C=O) groups is 2. The van der Waals surface area contributed by atoms with Gasteiger partial charge in [-0.05, 0) is 42.0 Å². The van der Waals surface area contributed by atoms with E-state index < -0.39 is 17.8 Å². The molecule has 0 heterocycles. The fraction of sp³-hybridized carbons (Fsp3) is 0.125. The minimum absolute atomic E-state index is 0.225. The molecule has 1 unspecified atom stereocenters. The minimum atomic E-state index is -0.706. The molecule has 0 saturated carbocycles. The van der Waals surface area contributed by atoms with Crippen molar-refractivity contribution in [3.05, 3.63) is 69.0 Å². The predicted molar refractivity (Wildman–Crippen MR) is 82.2 cm³/mol. The maximum Gasteiger partial charge on any atom is 0.251 e. The van der Waals surface area contributed by atoms with Crippen LogP contribution in [0.15, 0.2) is 36.4 Å². The zero-order valence-corrected chi connectivity index (χ0v) is 12.7. The Balaban J connectivity index is 1.80. The van der Waals surface area contributed by atoms with E-state index in [1.54, 1.807) is 0 Å². The summed E-state index contributed by atoms with van der Waals surface area (Å²) in [5.41, 5.74) is 1.31. The van der Waals surface area contributed by atoms with Crippen molar-refractivity contribution in [3.63, 3.8) is 0 Å². The molecule has 0 fully saturated rings. The molecule has 0 spiro atoms. The van der Waals surface area contributed by atoms with Gasteiger partial charge in [0.1, 0.15) is 5.82 Å². The molecule has 0 aromatic heterocycles. The van der Waals surface area contributed by atoms with Gasteiger partial charge in [0.05, 0.1) is 6.04 Å². The second kappa shape index (κ2) is 5.71. The highest BCUT2D eigenvalue weighted by Crippen LogP contribution is 2.24. The molecular formula is C16H10Cl2FNO2. The smallest absolute Gasteiger partial charge is 0.251 e. The number of fused-ring (bicyclic) bond motifs is 1. The number of amides is 1. The van der Waals surface area contributed by atoms with Crippen molar-refractivity contribution in [3.8, 4) is 0 Å². The Morgan fingerprint density at radius 3 is 2.50 bits per heavy atom. The van der Waals surface area contributed by atoms with Gasteiger partial charge in [0.25, 0.3) is 5.91 Å². The number of halogens is 3. The van der Waals surface area contributed by atoms with Crippen LogP contribution in [0.5, 0.6) is 0 Å². The van der Waals surface area contributed by atoms with Gasteiger partial charge in [-0.25, -0.2) is 4.39 Å². The molecule has 3 nitrogen and oxygen atoms in total. The molecule has 0 bridgehead atoms. The van der Waals surface area contributed by atoms with Crippen LogP contribution in [0.1, 0.15) is 26.3 Å². The summed E-state index contributed by atoms with van der Waals surface area (Å²) in [5, 5.41) is 3.31. The Morgan fingerprint density at radius 1 is 1.14 bits per heavy atom. The standard InChI is InChI=1S/C16H10Cl2FNO2/c17-10-3-9(4-11(18)7-10)16(22)20-14-6-8-5-12(19)1-2-13(8)15(14)21/h1-5,7,14H,6H2,(H,20,22). The summed E-state index contributed by atoms with van der Waals surface area (Å²) < 4.78 is 13.2. The van der Waals surface area contributed by atoms with Crippen LogP contribution < -0.4 is 5.32 Å². The fourth-order valence-electron chi connectivity index (χ4n) is 2.51. The van der Waals surface area contributed by atoms with E-state index in [-0.39, 0.29) is 17.8 Å². The number of hydrogen-bond donors (Lipinski definition) is 1. The fourth-order valence-corrected chi connectivity index (χ4v) is 3.04. The highest BCUT2D eigenvalue weighted by atomic mass is 35.5. The van der Waals surface area contributed by atoms with Crippen LogP contribution in [0.25, 0.3) is 0 Å². The van der Waals surface area contributed by atoms with Crippen molar-refractivity contribution >= 4 is 34.9 Å². The number of nitrogens with one attached hydrogen (secondary N) is 1. The summed E-state index contributed by atoms with van der Waals surface area (Å²) in [6.45, 7) is 0. The largest absolute Gasteiger partial charge is 0.342 e. The Labute approximate surface area is 136 Å². The Morgan fingerprint density at radius 2 is 1.82 bits per heavy atom. The van der Waals surface area contributed by atoms with Gasteiger partial charge in [0.15, 0.2) is 5.78 Å². The molecule has 1 atom stereocenters. The van der Waals surface area contributed by atoms with Crippen molar-refractivity contribution in [1.29, 1.82) is 0 Å². The van der Waals surface area contributed by atoms with Crippen molar-refractivity contribution in [1.82, 2.24) is 5.32 Å². The molecule has 22 heavy (non-hydrogen) atoms. The Kier molecular flexibility index (Phi) is 3.89. The van der Waals surface area contributed by atoms with E-state index in [1.807, 2.05) is 0 Å². The number of rotatable bonds is 2. The van der Waals surface area contributed by atoms with Crippen LogP contribution in [-0.2, 0) is 6.42 Å². The van der Waals surface area contributed by atoms with Gasteiger partial charge < -0.3 is 5.32 Å². The van der Waals surface area contributed by atoms with Gasteiger partial charge in [-0.2, -0.15) is 0 Å². The van der Waals surface area contributed by atoms with Gasteiger partial charge in [-0.1, -0.05) is 23.2 Å². The zero-order chi connectivity index (χ0) is 15.9. The summed E-state index contributed by atoms with van der Waals surface area (Å²) in [7, 11) is 0. The number of carbonyl (C=O) groups excluding carboxylic acids is 2. The molecule has 3 rings (SSSR count). The number of benzene rings is 2. The molecule has 2 aromatic carbocycles. The number of ketones is 1. The maximum absolute atomic E-state index is 13.2. The van der Waals surface area contributed by atoms with Crippen LogP contribution in [0.4, 0.5) is 4.39 Å². The van der Waals surface area contributed by atoms with Crippen molar-refractivity contribution < 1.29 is 14.0 Å². The lowest BCUT2D eigenvalue weighted by Crippen LogP contribution is -2.39. The van der Waals surface area contributed by atoms with Crippen LogP contribution in [0, 0.1) is 5.82 Å². The molecule has 0 aliphatic heterocycles. The van der Waals surface area contributed by atoms with E-state index in [1.165, 1.54) is 36.4 Å². The van der Waals surface area contributed by atoms with Crippen LogP contribution >= 0.6 is 23.2 Å². The van der Waals surface area contributed by atoms with Gasteiger partial charge in [-0.3, -0.25) is 9.59 Å². The molecular weight excluding hydrogens is 328 g/mol. The number of hydrogen-bond acceptors (Lipinski definition) is 2. The predicted octanol–water partition coefficient (Wildman–Crippen LogP) is 3.67. The summed E-state index contributed by atoms with van der Waals surface area (Å²) in [5.74, 6) is -1.08. The van der Waals surface area contributed by atoms with Crippen LogP contribution in [0.3, 0.4) is 0 Å². The van der Waals surface area contributed by atoms with Crippen LogP contribution in [-0.4, -0.2) is 17.7 Å². The van der Waals surface area contributed by atoms with E-state index in [0.29, 0.717) is 21.2 Å². The van der Waals surface area contributed by atoms with Crippen molar-refractivity contribution in [2.45, 2.75) is 12.5 Å². The lowest BCUT2D eigenvalue weighted by molar-refractivity contribution is 0.0868. The van der Waals surface area contributed by atoms with E-state index in [9.17, 15) is 14.0 Å². The highest BCUT2D eigenvalue weighted by Gasteiger charge is 2.32. The molecule has 1 aliphatic carbocycles. The first-order valence-electron chi connectivity index (χ1n) is 6.53. The molecule has 0 radical (unpaired) electrons. The summed E-state index contributed by atoms with van der Waals surface area (Å²) in [6, 6.07) is 7.73. The normalized spacial score (nSPS) is 16.5. The quantitative estimate of drug-likeness (QED) is 0.908. The second-order valence-corrected chi connectivity index (χ2v) is 5.93. The molecule has 1 N–H and O–H groups in total. The average molecular weight is 338 g/mol. The van der Waals surface area contributed by atoms with Gasteiger partial charge in [0, 0.05) is 27.6 Å². The topological polar surface area (TPSA) is 46.2 Å². The Bertz CT molecular complexity index is 771. The molecule has 1 aliphatic rings. The molecule has 2 aromatic rings. The highest BCUT2D eigenvalue weighted by molar-refractivity contribution is 6.35. The maximum atomic E-state index is 13.2. The summed E-state index contributed by atoms with van der Waals surface area (Å²) in [4.78, 5) is 24.4. The monoisotopic (exact) mass is 337 g/mol. The van der Waals surface area contributed by atoms with Gasteiger partial charge in [-0.15, -0.1) is 0 Å². The molecule has 0 saturated heterocycles. The zero-order valence-electron chi connectivity index (χ0n) is 11.2. The third kappa shape index (κ3) is 2.85. The molecule has 6 heteroatoms. The van der Waals surface area contributed by atoms with Crippen LogP contribution in [0.2, 0.25) is 10.0 Å². The first-order valence-corrected chi connectivity index (χ1v) is 7.29. The third-order valence-corrected chi connectivity index (χ3v) is 3.94. The van der Waals surface area contributed by atoms with Crippen molar-refractivity contribution in [2.75, 3.05) is 0 Å². The Hall–Kier alpha value is -1.91. The average Bonchev–Trinajstić information content (AvgIpc) is 2.73. The van der Waals surface area contributed by atoms with Crippen molar-refractivity contribution in [2.24, 2.45) is 0 Å². The lowest BCUT2D eigenvalue weighted by Gasteiger charge is -2.11. The third-order valence-electron chi connectivity index (χ3n) is 3.50. The van der Waals surface area contributed by atoms with E-state index in [4.69, 9.17) is 23.2 Å². The summed E-state index contributed by atoms with van der Waals surface area (Å²) >= 11 is 11.7. The minimum Gasteiger partial charge on any atom is -0.342 e. The van der Waals surface area contributed by atoms with E-state index >= 15 is 0 Å². The molecule has 112 valence electrons.